The minimum absolute atomic E-state index is 0.0685. The standard InChI is InChI=1S/C18H22N4O5S/c1-11-14-17(28-15(11)16(25)19-8-13(24)27-2)20-10-22(18(14)26)9-12(23)21-6-4-3-5-7-21/h10H,3-9H2,1-2H3,(H,19,25). The minimum atomic E-state index is -0.566. The molecule has 28 heavy (non-hydrogen) atoms. The molecule has 0 unspecified atom stereocenters. The van der Waals surface area contributed by atoms with Crippen LogP contribution in [0.2, 0.25) is 0 Å². The summed E-state index contributed by atoms with van der Waals surface area (Å²) in [4.78, 5) is 55.6. The predicted molar refractivity (Wildman–Crippen MR) is 103 cm³/mol. The third kappa shape index (κ3) is 4.06. The van der Waals surface area contributed by atoms with E-state index in [-0.39, 0.29) is 24.6 Å². The molecule has 1 aliphatic heterocycles. The molecule has 150 valence electrons. The number of ether oxygens (including phenoxy) is 1. The number of hydrogen-bond donors (Lipinski definition) is 1. The van der Waals surface area contributed by atoms with Gasteiger partial charge in [-0.05, 0) is 31.7 Å². The number of esters is 1. The molecule has 1 saturated heterocycles. The van der Waals surface area contributed by atoms with Gasteiger partial charge in [0, 0.05) is 13.1 Å². The number of aromatic nitrogens is 2. The molecule has 2 aromatic rings. The fourth-order valence-corrected chi connectivity index (χ4v) is 4.24. The molecule has 9 nitrogen and oxygen atoms in total. The van der Waals surface area contributed by atoms with Crippen molar-refractivity contribution in [2.24, 2.45) is 0 Å². The number of rotatable bonds is 5. The maximum absolute atomic E-state index is 12.9. The Bertz CT molecular complexity index is 974. The first-order valence-corrected chi connectivity index (χ1v) is 9.85. The molecule has 3 rings (SSSR count). The number of methoxy groups -OCH3 is 1. The van der Waals surface area contributed by atoms with Crippen molar-refractivity contribution in [1.82, 2.24) is 19.8 Å². The summed E-state index contributed by atoms with van der Waals surface area (Å²) in [6, 6.07) is 0. The largest absolute Gasteiger partial charge is 0.468 e. The van der Waals surface area contributed by atoms with Crippen molar-refractivity contribution in [1.29, 1.82) is 0 Å². The van der Waals surface area contributed by atoms with Crippen LogP contribution >= 0.6 is 11.3 Å². The molecule has 0 bridgehead atoms. The lowest BCUT2D eigenvalue weighted by Gasteiger charge is -2.26. The first-order chi connectivity index (χ1) is 13.4. The monoisotopic (exact) mass is 406 g/mol. The van der Waals surface area contributed by atoms with Gasteiger partial charge in [-0.3, -0.25) is 23.7 Å². The van der Waals surface area contributed by atoms with Crippen molar-refractivity contribution in [3.05, 3.63) is 27.1 Å². The molecule has 0 radical (unpaired) electrons. The third-order valence-electron chi connectivity index (χ3n) is 4.76. The molecule has 1 fully saturated rings. The van der Waals surface area contributed by atoms with Gasteiger partial charge in [0.2, 0.25) is 5.91 Å². The first kappa shape index (κ1) is 20.0. The highest BCUT2D eigenvalue weighted by atomic mass is 32.1. The van der Waals surface area contributed by atoms with Crippen LogP contribution in [-0.4, -0.2) is 59.0 Å². The van der Waals surface area contributed by atoms with Gasteiger partial charge in [0.1, 0.15) is 17.9 Å². The van der Waals surface area contributed by atoms with Crippen molar-refractivity contribution in [2.45, 2.75) is 32.7 Å². The van der Waals surface area contributed by atoms with Gasteiger partial charge in [-0.2, -0.15) is 0 Å². The lowest BCUT2D eigenvalue weighted by Crippen LogP contribution is -2.39. The third-order valence-corrected chi connectivity index (χ3v) is 5.96. The summed E-state index contributed by atoms with van der Waals surface area (Å²) in [6.07, 6.45) is 4.42. The van der Waals surface area contributed by atoms with Crippen molar-refractivity contribution < 1.29 is 19.1 Å². The quantitative estimate of drug-likeness (QED) is 0.731. The van der Waals surface area contributed by atoms with Crippen LogP contribution < -0.4 is 10.9 Å². The van der Waals surface area contributed by atoms with Crippen LogP contribution in [0.3, 0.4) is 0 Å². The number of likely N-dealkylation sites (tertiary alicyclic amines) is 1. The summed E-state index contributed by atoms with van der Waals surface area (Å²) in [7, 11) is 1.23. The van der Waals surface area contributed by atoms with E-state index in [1.54, 1.807) is 11.8 Å². The van der Waals surface area contributed by atoms with E-state index in [2.05, 4.69) is 15.0 Å². The summed E-state index contributed by atoms with van der Waals surface area (Å²) in [5.74, 6) is -1.14. The Labute approximate surface area is 165 Å². The molecule has 3 heterocycles. The van der Waals surface area contributed by atoms with E-state index < -0.39 is 11.9 Å². The molecule has 2 aromatic heterocycles. The Kier molecular flexibility index (Phi) is 6.08. The van der Waals surface area contributed by atoms with Gasteiger partial charge in [-0.25, -0.2) is 4.98 Å². The lowest BCUT2D eigenvalue weighted by molar-refractivity contribution is -0.139. The second-order valence-electron chi connectivity index (χ2n) is 6.61. The highest BCUT2D eigenvalue weighted by Gasteiger charge is 2.22. The van der Waals surface area contributed by atoms with Gasteiger partial charge in [0.05, 0.1) is 23.7 Å². The molecule has 1 aliphatic rings. The zero-order valence-corrected chi connectivity index (χ0v) is 16.6. The fourth-order valence-electron chi connectivity index (χ4n) is 3.18. The smallest absolute Gasteiger partial charge is 0.325 e. The Hall–Kier alpha value is -2.75. The van der Waals surface area contributed by atoms with E-state index in [1.165, 1.54) is 18.0 Å². The van der Waals surface area contributed by atoms with Crippen LogP contribution in [0.1, 0.15) is 34.5 Å². The molecule has 10 heteroatoms. The highest BCUT2D eigenvalue weighted by molar-refractivity contribution is 7.20. The van der Waals surface area contributed by atoms with E-state index in [9.17, 15) is 19.2 Å². The van der Waals surface area contributed by atoms with Gasteiger partial charge in [0.15, 0.2) is 0 Å². The number of aryl methyl sites for hydroxylation is 1. The van der Waals surface area contributed by atoms with E-state index in [4.69, 9.17) is 0 Å². The van der Waals surface area contributed by atoms with Gasteiger partial charge < -0.3 is 15.0 Å². The van der Waals surface area contributed by atoms with Gasteiger partial charge in [-0.1, -0.05) is 0 Å². The lowest BCUT2D eigenvalue weighted by atomic mass is 10.1. The number of hydrogen-bond acceptors (Lipinski definition) is 7. The van der Waals surface area contributed by atoms with Crippen molar-refractivity contribution in [3.8, 4) is 0 Å². The number of nitrogens with zero attached hydrogens (tertiary/aromatic N) is 3. The van der Waals surface area contributed by atoms with Crippen LogP contribution in [0.25, 0.3) is 10.2 Å². The number of carbonyl (C=O) groups excluding carboxylic acids is 3. The van der Waals surface area contributed by atoms with E-state index in [0.717, 1.165) is 30.6 Å². The number of nitrogens with one attached hydrogen (secondary N) is 1. The minimum Gasteiger partial charge on any atom is -0.468 e. The van der Waals surface area contributed by atoms with Crippen molar-refractivity contribution in [2.75, 3.05) is 26.7 Å². The number of piperidine rings is 1. The first-order valence-electron chi connectivity index (χ1n) is 9.03. The Morgan fingerprint density at radius 1 is 1.25 bits per heavy atom. The second-order valence-corrected chi connectivity index (χ2v) is 7.61. The molecule has 0 saturated carbocycles. The molecular formula is C18H22N4O5S. The van der Waals surface area contributed by atoms with Crippen LogP contribution in [-0.2, 0) is 20.9 Å². The van der Waals surface area contributed by atoms with Gasteiger partial charge in [0.25, 0.3) is 11.5 Å². The Morgan fingerprint density at radius 3 is 2.64 bits per heavy atom. The summed E-state index contributed by atoms with van der Waals surface area (Å²) < 4.78 is 5.78. The SMILES string of the molecule is COC(=O)CNC(=O)c1sc2ncn(CC(=O)N3CCCCC3)c(=O)c2c1C. The van der Waals surface area contributed by atoms with Crippen molar-refractivity contribution in [3.63, 3.8) is 0 Å². The summed E-state index contributed by atoms with van der Waals surface area (Å²) >= 11 is 1.08. The number of thiophene rings is 1. The van der Waals surface area contributed by atoms with Crippen molar-refractivity contribution >= 4 is 39.3 Å². The van der Waals surface area contributed by atoms with Crippen LogP contribution in [0.5, 0.6) is 0 Å². The van der Waals surface area contributed by atoms with E-state index >= 15 is 0 Å². The van der Waals surface area contributed by atoms with Gasteiger partial charge >= 0.3 is 5.97 Å². The normalized spacial score (nSPS) is 14.1. The van der Waals surface area contributed by atoms with Gasteiger partial charge in [-0.15, -0.1) is 11.3 Å². The molecular weight excluding hydrogens is 384 g/mol. The Balaban J connectivity index is 1.84. The van der Waals surface area contributed by atoms with E-state index in [0.29, 0.717) is 33.7 Å². The molecule has 0 aliphatic carbocycles. The van der Waals surface area contributed by atoms with E-state index in [1.807, 2.05) is 0 Å². The van der Waals surface area contributed by atoms with Crippen LogP contribution in [0, 0.1) is 6.92 Å². The summed E-state index contributed by atoms with van der Waals surface area (Å²) in [6.45, 7) is 2.76. The van der Waals surface area contributed by atoms with Crippen LogP contribution in [0.15, 0.2) is 11.1 Å². The molecule has 0 spiro atoms. The maximum Gasteiger partial charge on any atom is 0.325 e. The summed E-state index contributed by atoms with van der Waals surface area (Å²) in [5, 5.41) is 2.78. The molecule has 2 amide bonds. The maximum atomic E-state index is 12.9. The predicted octanol–water partition coefficient (Wildman–Crippen LogP) is 0.682. The van der Waals surface area contributed by atoms with Crippen LogP contribution in [0.4, 0.5) is 0 Å². The molecule has 0 atom stereocenters. The summed E-state index contributed by atoms with van der Waals surface area (Å²) in [5.41, 5.74) is 0.135. The topological polar surface area (TPSA) is 111 Å². The Morgan fingerprint density at radius 2 is 1.96 bits per heavy atom. The molecule has 0 aromatic carbocycles. The number of amides is 2. The zero-order valence-electron chi connectivity index (χ0n) is 15.8. The second kappa shape index (κ2) is 8.51. The average Bonchev–Trinajstić information content (AvgIpc) is 3.05. The zero-order chi connectivity index (χ0) is 20.3. The molecule has 1 N–H and O–H groups in total. The average molecular weight is 406 g/mol. The highest BCUT2D eigenvalue weighted by Crippen LogP contribution is 2.26. The number of carbonyl (C=O) groups is 3. The number of fused-ring (bicyclic) bond motifs is 1. The fraction of sp³-hybridized carbons (Fsp3) is 0.500.